The van der Waals surface area contributed by atoms with Gasteiger partial charge in [-0.25, -0.2) is 0 Å². The van der Waals surface area contributed by atoms with Crippen LogP contribution in [-0.2, 0) is 0 Å². The van der Waals surface area contributed by atoms with Gasteiger partial charge in [-0.15, -0.1) is 0 Å². The average molecular weight is 264 g/mol. The van der Waals surface area contributed by atoms with Crippen molar-refractivity contribution in [2.45, 2.75) is 26.3 Å². The van der Waals surface area contributed by atoms with E-state index in [0.29, 0.717) is 0 Å². The van der Waals surface area contributed by atoms with Gasteiger partial charge in [0.15, 0.2) is 0 Å². The Labute approximate surface area is 113 Å². The van der Waals surface area contributed by atoms with E-state index in [0.717, 1.165) is 35.1 Å². The Morgan fingerprint density at radius 3 is 2.61 bits per heavy atom. The van der Waals surface area contributed by atoms with Crippen LogP contribution in [0.5, 0.6) is 0 Å². The summed E-state index contributed by atoms with van der Waals surface area (Å²) in [5.74, 6) is 1.83. The number of hydrogen-bond donors (Lipinski definition) is 1. The molecule has 0 amide bonds. The Morgan fingerprint density at radius 1 is 1.22 bits per heavy atom. The lowest BCUT2D eigenvalue weighted by atomic mass is 10.0. The second-order valence-electron chi connectivity index (χ2n) is 4.36. The Hall–Kier alpha value is -1.25. The van der Waals surface area contributed by atoms with Gasteiger partial charge < -0.3 is 9.73 Å². The van der Waals surface area contributed by atoms with Crippen molar-refractivity contribution in [2.75, 3.05) is 6.54 Å². The number of benzene rings is 1. The Balaban J connectivity index is 2.33. The van der Waals surface area contributed by atoms with Gasteiger partial charge in [0, 0.05) is 5.02 Å². The SMILES string of the molecule is CCCNC(c1ccc(C)o1)c1ccccc1Cl. The van der Waals surface area contributed by atoms with Crippen molar-refractivity contribution in [1.82, 2.24) is 5.32 Å². The summed E-state index contributed by atoms with van der Waals surface area (Å²) in [4.78, 5) is 0. The molecule has 1 aromatic heterocycles. The summed E-state index contributed by atoms with van der Waals surface area (Å²) in [5, 5.41) is 4.24. The van der Waals surface area contributed by atoms with E-state index in [9.17, 15) is 0 Å². The third-order valence-corrected chi connectivity index (χ3v) is 3.20. The lowest BCUT2D eigenvalue weighted by Gasteiger charge is -2.18. The summed E-state index contributed by atoms with van der Waals surface area (Å²) in [6.07, 6.45) is 1.07. The molecule has 0 bridgehead atoms. The van der Waals surface area contributed by atoms with Crippen LogP contribution >= 0.6 is 11.6 Å². The maximum absolute atomic E-state index is 6.27. The molecule has 2 aromatic rings. The molecule has 3 heteroatoms. The first-order valence-electron chi connectivity index (χ1n) is 6.26. The molecule has 0 fully saturated rings. The number of hydrogen-bond acceptors (Lipinski definition) is 2. The van der Waals surface area contributed by atoms with Crippen molar-refractivity contribution in [1.29, 1.82) is 0 Å². The Kier molecular flexibility index (Phi) is 4.45. The van der Waals surface area contributed by atoms with Crippen LogP contribution in [0.15, 0.2) is 40.8 Å². The Morgan fingerprint density at radius 2 is 2.00 bits per heavy atom. The predicted molar refractivity (Wildman–Crippen MR) is 75.0 cm³/mol. The number of aryl methyl sites for hydroxylation is 1. The summed E-state index contributed by atoms with van der Waals surface area (Å²) in [6.45, 7) is 5.02. The topological polar surface area (TPSA) is 25.2 Å². The molecule has 0 aliphatic carbocycles. The molecule has 1 N–H and O–H groups in total. The van der Waals surface area contributed by atoms with Crippen molar-refractivity contribution >= 4 is 11.6 Å². The largest absolute Gasteiger partial charge is 0.464 e. The first kappa shape index (κ1) is 13.2. The molecule has 1 aromatic carbocycles. The van der Waals surface area contributed by atoms with Crippen molar-refractivity contribution in [3.63, 3.8) is 0 Å². The third-order valence-electron chi connectivity index (χ3n) is 2.86. The van der Waals surface area contributed by atoms with Gasteiger partial charge in [-0.3, -0.25) is 0 Å². The summed E-state index contributed by atoms with van der Waals surface area (Å²) in [6, 6.07) is 11.9. The van der Waals surface area contributed by atoms with E-state index in [-0.39, 0.29) is 6.04 Å². The number of halogens is 1. The molecule has 0 aliphatic rings. The molecule has 0 radical (unpaired) electrons. The Bertz CT molecular complexity index is 507. The molecule has 0 saturated carbocycles. The second-order valence-corrected chi connectivity index (χ2v) is 4.76. The summed E-state index contributed by atoms with van der Waals surface area (Å²) < 4.78 is 5.73. The molecular weight excluding hydrogens is 246 g/mol. The zero-order valence-corrected chi connectivity index (χ0v) is 11.5. The average Bonchev–Trinajstić information content (AvgIpc) is 2.78. The molecule has 0 saturated heterocycles. The highest BCUT2D eigenvalue weighted by Crippen LogP contribution is 2.29. The maximum atomic E-state index is 6.27. The number of rotatable bonds is 5. The predicted octanol–water partition coefficient (Wildman–Crippen LogP) is 4.33. The van der Waals surface area contributed by atoms with Crippen molar-refractivity contribution in [3.05, 3.63) is 58.5 Å². The third kappa shape index (κ3) is 2.95. The molecule has 1 unspecified atom stereocenters. The summed E-state index contributed by atoms with van der Waals surface area (Å²) in [5.41, 5.74) is 1.06. The van der Waals surface area contributed by atoms with Gasteiger partial charge in [0.2, 0.25) is 0 Å². The van der Waals surface area contributed by atoms with Crippen LogP contribution in [0.25, 0.3) is 0 Å². The van der Waals surface area contributed by atoms with Crippen LogP contribution in [0.2, 0.25) is 5.02 Å². The summed E-state index contributed by atoms with van der Waals surface area (Å²) in [7, 11) is 0. The molecule has 1 atom stereocenters. The molecule has 96 valence electrons. The minimum atomic E-state index is 0.0207. The standard InChI is InChI=1S/C15H18ClNO/c1-3-10-17-15(14-9-8-11(2)18-14)12-6-4-5-7-13(12)16/h4-9,15,17H,3,10H2,1-2H3. The smallest absolute Gasteiger partial charge is 0.125 e. The zero-order valence-electron chi connectivity index (χ0n) is 10.7. The van der Waals surface area contributed by atoms with Gasteiger partial charge in [0.05, 0.1) is 6.04 Å². The van der Waals surface area contributed by atoms with E-state index in [1.54, 1.807) is 0 Å². The van der Waals surface area contributed by atoms with Crippen LogP contribution in [0.3, 0.4) is 0 Å². The molecule has 0 spiro atoms. The van der Waals surface area contributed by atoms with E-state index in [2.05, 4.69) is 12.2 Å². The highest BCUT2D eigenvalue weighted by Gasteiger charge is 2.18. The van der Waals surface area contributed by atoms with Gasteiger partial charge in [-0.05, 0) is 43.7 Å². The zero-order chi connectivity index (χ0) is 13.0. The van der Waals surface area contributed by atoms with Gasteiger partial charge in [-0.2, -0.15) is 0 Å². The van der Waals surface area contributed by atoms with Crippen LogP contribution in [0, 0.1) is 6.92 Å². The van der Waals surface area contributed by atoms with E-state index >= 15 is 0 Å². The maximum Gasteiger partial charge on any atom is 0.125 e. The van der Waals surface area contributed by atoms with E-state index in [1.165, 1.54) is 0 Å². The molecule has 2 rings (SSSR count). The van der Waals surface area contributed by atoms with Crippen LogP contribution in [0.1, 0.15) is 36.5 Å². The fraction of sp³-hybridized carbons (Fsp3) is 0.333. The molecule has 1 heterocycles. The number of furan rings is 1. The normalized spacial score (nSPS) is 12.6. The lowest BCUT2D eigenvalue weighted by Crippen LogP contribution is -2.23. The van der Waals surface area contributed by atoms with Crippen molar-refractivity contribution in [3.8, 4) is 0 Å². The van der Waals surface area contributed by atoms with Gasteiger partial charge in [0.1, 0.15) is 11.5 Å². The van der Waals surface area contributed by atoms with Crippen molar-refractivity contribution in [2.24, 2.45) is 0 Å². The quantitative estimate of drug-likeness (QED) is 0.869. The van der Waals surface area contributed by atoms with E-state index in [4.69, 9.17) is 16.0 Å². The van der Waals surface area contributed by atoms with Crippen LogP contribution < -0.4 is 5.32 Å². The lowest BCUT2D eigenvalue weighted by molar-refractivity contribution is 0.430. The minimum Gasteiger partial charge on any atom is -0.464 e. The first-order chi connectivity index (χ1) is 8.72. The molecule has 0 aliphatic heterocycles. The molecule has 18 heavy (non-hydrogen) atoms. The second kappa shape index (κ2) is 6.07. The molecular formula is C15H18ClNO. The fourth-order valence-corrected chi connectivity index (χ4v) is 2.22. The highest BCUT2D eigenvalue weighted by atomic mass is 35.5. The van der Waals surface area contributed by atoms with E-state index < -0.39 is 0 Å². The molecule has 2 nitrogen and oxygen atoms in total. The fourth-order valence-electron chi connectivity index (χ4n) is 1.97. The van der Waals surface area contributed by atoms with Gasteiger partial charge in [-0.1, -0.05) is 36.7 Å². The van der Waals surface area contributed by atoms with E-state index in [1.807, 2.05) is 43.3 Å². The first-order valence-corrected chi connectivity index (χ1v) is 6.64. The van der Waals surface area contributed by atoms with Crippen molar-refractivity contribution < 1.29 is 4.42 Å². The number of nitrogens with one attached hydrogen (secondary N) is 1. The van der Waals surface area contributed by atoms with Crippen LogP contribution in [0.4, 0.5) is 0 Å². The van der Waals surface area contributed by atoms with Gasteiger partial charge in [0.25, 0.3) is 0 Å². The minimum absolute atomic E-state index is 0.0207. The summed E-state index contributed by atoms with van der Waals surface area (Å²) >= 11 is 6.27. The van der Waals surface area contributed by atoms with Gasteiger partial charge >= 0.3 is 0 Å². The highest BCUT2D eigenvalue weighted by molar-refractivity contribution is 6.31. The van der Waals surface area contributed by atoms with Crippen LogP contribution in [-0.4, -0.2) is 6.54 Å². The monoisotopic (exact) mass is 263 g/mol.